The fraction of sp³-hybridized carbons (Fsp3) is 0.450. The molecule has 1 fully saturated rings. The molecular weight excluding hydrogens is 360 g/mol. The average Bonchev–Trinajstić information content (AvgIpc) is 3.25. The molecule has 27 heavy (non-hydrogen) atoms. The molecule has 0 aromatic carbocycles. The Kier molecular flexibility index (Phi) is 5.51. The Hall–Kier alpha value is -2.41. The van der Waals surface area contributed by atoms with Crippen LogP contribution in [0.25, 0.3) is 0 Å². The Labute approximate surface area is 165 Å². The third-order valence-corrected chi connectivity index (χ3v) is 5.17. The zero-order valence-corrected chi connectivity index (χ0v) is 17.0. The fourth-order valence-electron chi connectivity index (χ4n) is 3.33. The molecule has 0 spiro atoms. The highest BCUT2D eigenvalue weighted by Gasteiger charge is 2.40. The molecule has 2 aromatic rings. The van der Waals surface area contributed by atoms with Crippen LogP contribution in [0.5, 0.6) is 0 Å². The van der Waals surface area contributed by atoms with Gasteiger partial charge in [-0.25, -0.2) is 0 Å². The van der Waals surface area contributed by atoms with Gasteiger partial charge in [0, 0.05) is 30.7 Å². The highest BCUT2D eigenvalue weighted by molar-refractivity contribution is 7.80. The maximum absolute atomic E-state index is 11.7. The van der Waals surface area contributed by atoms with E-state index in [2.05, 4.69) is 59.0 Å². The van der Waals surface area contributed by atoms with Crippen LogP contribution in [-0.2, 0) is 15.1 Å². The first-order chi connectivity index (χ1) is 12.8. The monoisotopic (exact) mass is 386 g/mol. The van der Waals surface area contributed by atoms with E-state index >= 15 is 0 Å². The van der Waals surface area contributed by atoms with E-state index in [0.29, 0.717) is 11.7 Å². The summed E-state index contributed by atoms with van der Waals surface area (Å²) in [6.45, 7) is 6.99. The molecule has 1 aliphatic heterocycles. The molecule has 7 heteroatoms. The molecule has 0 amide bonds. The molecule has 144 valence electrons. The number of nitrogens with one attached hydrogen (secondary N) is 1. The molecule has 0 saturated carbocycles. The van der Waals surface area contributed by atoms with Crippen molar-refractivity contribution in [3.63, 3.8) is 0 Å². The molecule has 0 unspecified atom stereocenters. The number of aromatic nitrogens is 2. The van der Waals surface area contributed by atoms with Gasteiger partial charge in [0.2, 0.25) is 0 Å². The van der Waals surface area contributed by atoms with Crippen molar-refractivity contribution in [2.24, 2.45) is 0 Å². The predicted molar refractivity (Wildman–Crippen MR) is 108 cm³/mol. The smallest absolute Gasteiger partial charge is 0.307 e. The van der Waals surface area contributed by atoms with Crippen molar-refractivity contribution >= 4 is 23.3 Å². The van der Waals surface area contributed by atoms with Gasteiger partial charge in [-0.2, -0.15) is 0 Å². The van der Waals surface area contributed by atoms with E-state index in [1.165, 1.54) is 7.11 Å². The number of nitrogens with zero attached hydrogens (tertiary/aromatic N) is 3. The Morgan fingerprint density at radius 3 is 2.70 bits per heavy atom. The van der Waals surface area contributed by atoms with Gasteiger partial charge in [-0.3, -0.25) is 9.78 Å². The van der Waals surface area contributed by atoms with Crippen molar-refractivity contribution in [1.29, 1.82) is 0 Å². The summed E-state index contributed by atoms with van der Waals surface area (Å²) in [7, 11) is 1.40. The van der Waals surface area contributed by atoms with Crippen LogP contribution in [-0.4, -0.2) is 39.2 Å². The van der Waals surface area contributed by atoms with Gasteiger partial charge >= 0.3 is 5.97 Å². The first-order valence-electron chi connectivity index (χ1n) is 9.04. The minimum Gasteiger partial charge on any atom is -0.469 e. The first-order valence-corrected chi connectivity index (χ1v) is 9.45. The summed E-state index contributed by atoms with van der Waals surface area (Å²) >= 11 is 5.59. The highest BCUT2D eigenvalue weighted by Crippen LogP contribution is 2.39. The van der Waals surface area contributed by atoms with E-state index in [-0.39, 0.29) is 30.0 Å². The fourth-order valence-corrected chi connectivity index (χ4v) is 3.66. The number of carbonyl (C=O) groups excluding carboxylic acids is 1. The van der Waals surface area contributed by atoms with Crippen LogP contribution in [0.15, 0.2) is 42.9 Å². The summed E-state index contributed by atoms with van der Waals surface area (Å²) in [5, 5.41) is 4.02. The summed E-state index contributed by atoms with van der Waals surface area (Å²) in [6, 6.07) is 7.87. The molecular formula is C20H26N4O2S. The third-order valence-electron chi connectivity index (χ3n) is 4.81. The molecule has 3 heterocycles. The minimum atomic E-state index is -0.245. The van der Waals surface area contributed by atoms with E-state index in [1.54, 1.807) is 6.20 Å². The van der Waals surface area contributed by atoms with Crippen molar-refractivity contribution in [3.05, 3.63) is 54.1 Å². The zero-order chi connectivity index (χ0) is 19.6. The second-order valence-electron chi connectivity index (χ2n) is 7.67. The molecule has 1 saturated heterocycles. The number of ether oxygens (including phenoxy) is 1. The van der Waals surface area contributed by atoms with Gasteiger partial charge in [0.25, 0.3) is 0 Å². The lowest BCUT2D eigenvalue weighted by atomic mass is 9.99. The molecule has 0 bridgehead atoms. The third kappa shape index (κ3) is 4.13. The SMILES string of the molecule is COC(=O)CCN1C(=S)N[C@H](c2ccccn2)[C@@H]1c1ccn(C(C)(C)C)c1. The molecule has 0 radical (unpaired) electrons. The van der Waals surface area contributed by atoms with Gasteiger partial charge in [-0.05, 0) is 56.8 Å². The Morgan fingerprint density at radius 1 is 1.33 bits per heavy atom. The Bertz CT molecular complexity index is 813. The summed E-state index contributed by atoms with van der Waals surface area (Å²) < 4.78 is 6.99. The average molecular weight is 387 g/mol. The predicted octanol–water partition coefficient (Wildman–Crippen LogP) is 3.17. The van der Waals surface area contributed by atoms with Crippen molar-refractivity contribution in [3.8, 4) is 0 Å². The highest BCUT2D eigenvalue weighted by atomic mass is 32.1. The molecule has 0 aliphatic carbocycles. The standard InChI is InChI=1S/C20H26N4O2S/c1-20(2,3)23-11-8-14(13-23)18-17(15-7-5-6-10-21-15)22-19(27)24(18)12-9-16(25)26-4/h5-8,10-11,13,17-18H,9,12H2,1-4H3,(H,22,27)/t17-,18+/m1/s1. The summed E-state index contributed by atoms with van der Waals surface area (Å²) in [4.78, 5) is 18.3. The van der Waals surface area contributed by atoms with Gasteiger partial charge in [0.15, 0.2) is 5.11 Å². The number of thiocarbonyl (C=S) groups is 1. The van der Waals surface area contributed by atoms with E-state index in [1.807, 2.05) is 18.2 Å². The van der Waals surface area contributed by atoms with Gasteiger partial charge in [-0.1, -0.05) is 6.07 Å². The lowest BCUT2D eigenvalue weighted by molar-refractivity contribution is -0.140. The van der Waals surface area contributed by atoms with Gasteiger partial charge < -0.3 is 19.5 Å². The molecule has 2 atom stereocenters. The van der Waals surface area contributed by atoms with Crippen LogP contribution >= 0.6 is 12.2 Å². The molecule has 1 aliphatic rings. The number of pyridine rings is 1. The number of methoxy groups -OCH3 is 1. The van der Waals surface area contributed by atoms with Crippen LogP contribution < -0.4 is 5.32 Å². The largest absolute Gasteiger partial charge is 0.469 e. The summed E-state index contributed by atoms with van der Waals surface area (Å²) in [6.07, 6.45) is 6.31. The molecule has 3 rings (SSSR count). The normalized spacial score (nSPS) is 19.9. The quantitative estimate of drug-likeness (QED) is 0.629. The second-order valence-corrected chi connectivity index (χ2v) is 8.06. The van der Waals surface area contributed by atoms with Crippen molar-refractivity contribution in [2.45, 2.75) is 44.8 Å². The molecule has 6 nitrogen and oxygen atoms in total. The van der Waals surface area contributed by atoms with E-state index in [0.717, 1.165) is 11.3 Å². The van der Waals surface area contributed by atoms with Crippen LogP contribution in [0.1, 0.15) is 50.5 Å². The van der Waals surface area contributed by atoms with Crippen molar-refractivity contribution < 1.29 is 9.53 Å². The van der Waals surface area contributed by atoms with E-state index < -0.39 is 0 Å². The maximum atomic E-state index is 11.7. The Balaban J connectivity index is 1.96. The number of hydrogen-bond donors (Lipinski definition) is 1. The van der Waals surface area contributed by atoms with Crippen LogP contribution in [0, 0.1) is 0 Å². The van der Waals surface area contributed by atoms with Crippen molar-refractivity contribution in [1.82, 2.24) is 19.8 Å². The molecule has 2 aromatic heterocycles. The lowest BCUT2D eigenvalue weighted by Crippen LogP contribution is -2.32. The van der Waals surface area contributed by atoms with Gasteiger partial charge in [0.05, 0.1) is 31.3 Å². The zero-order valence-electron chi connectivity index (χ0n) is 16.2. The van der Waals surface area contributed by atoms with Crippen molar-refractivity contribution in [2.75, 3.05) is 13.7 Å². The Morgan fingerprint density at radius 2 is 2.11 bits per heavy atom. The summed E-state index contributed by atoms with van der Waals surface area (Å²) in [5.41, 5.74) is 2.05. The summed E-state index contributed by atoms with van der Waals surface area (Å²) in [5.74, 6) is -0.245. The van der Waals surface area contributed by atoms with Gasteiger partial charge in [0.1, 0.15) is 0 Å². The van der Waals surface area contributed by atoms with Crippen LogP contribution in [0.3, 0.4) is 0 Å². The lowest BCUT2D eigenvalue weighted by Gasteiger charge is -2.27. The molecule has 1 N–H and O–H groups in total. The minimum absolute atomic E-state index is 0.0118. The first kappa shape index (κ1) is 19.4. The van der Waals surface area contributed by atoms with E-state index in [4.69, 9.17) is 17.0 Å². The number of carbonyl (C=O) groups is 1. The number of esters is 1. The van der Waals surface area contributed by atoms with E-state index in [9.17, 15) is 4.79 Å². The topological polar surface area (TPSA) is 59.4 Å². The maximum Gasteiger partial charge on any atom is 0.307 e. The van der Waals surface area contributed by atoms with Gasteiger partial charge in [-0.15, -0.1) is 0 Å². The second kappa shape index (κ2) is 7.68. The number of rotatable bonds is 5. The number of hydrogen-bond acceptors (Lipinski definition) is 4. The van der Waals surface area contributed by atoms with Crippen LogP contribution in [0.4, 0.5) is 0 Å². The van der Waals surface area contributed by atoms with Crippen LogP contribution in [0.2, 0.25) is 0 Å².